The van der Waals surface area contributed by atoms with E-state index in [1.807, 2.05) is 0 Å². The monoisotopic (exact) mass is 251 g/mol. The van der Waals surface area contributed by atoms with Crippen molar-refractivity contribution in [2.24, 2.45) is 0 Å². The van der Waals surface area contributed by atoms with E-state index < -0.39 is 6.36 Å². The largest absolute Gasteiger partial charge is 0.573 e. The minimum atomic E-state index is -4.71. The van der Waals surface area contributed by atoms with Crippen LogP contribution >= 0.6 is 11.6 Å². The van der Waals surface area contributed by atoms with Gasteiger partial charge in [0.15, 0.2) is 0 Å². The molecule has 1 saturated heterocycles. The van der Waals surface area contributed by atoms with Gasteiger partial charge in [0.2, 0.25) is 0 Å². The van der Waals surface area contributed by atoms with Crippen LogP contribution in [0.1, 0.15) is 18.0 Å². The van der Waals surface area contributed by atoms with E-state index in [1.165, 1.54) is 12.1 Å². The molecule has 0 amide bonds. The van der Waals surface area contributed by atoms with Crippen LogP contribution in [0.15, 0.2) is 18.2 Å². The van der Waals surface area contributed by atoms with Crippen LogP contribution in [0.4, 0.5) is 13.2 Å². The normalized spacial score (nSPS) is 20.4. The number of ether oxygens (including phenoxy) is 1. The predicted molar refractivity (Wildman–Crippen MR) is 53.5 cm³/mol. The molecule has 16 heavy (non-hydrogen) atoms. The number of alkyl halides is 3. The summed E-state index contributed by atoms with van der Waals surface area (Å²) in [6.45, 7) is 0.920. The molecule has 0 aliphatic carbocycles. The molecule has 2 nitrogen and oxygen atoms in total. The SMILES string of the molecule is FC(F)(F)Oc1ccc(C2CCN2)cc1Cl. The molecule has 88 valence electrons. The number of halogens is 4. The molecule has 0 spiro atoms. The van der Waals surface area contributed by atoms with Crippen molar-refractivity contribution in [1.82, 2.24) is 5.32 Å². The van der Waals surface area contributed by atoms with Crippen LogP contribution < -0.4 is 10.1 Å². The maximum absolute atomic E-state index is 12.0. The van der Waals surface area contributed by atoms with Gasteiger partial charge in [-0.15, -0.1) is 13.2 Å². The fraction of sp³-hybridized carbons (Fsp3) is 0.400. The number of benzene rings is 1. The van der Waals surface area contributed by atoms with E-state index in [0.717, 1.165) is 18.5 Å². The number of rotatable bonds is 2. The quantitative estimate of drug-likeness (QED) is 0.871. The summed E-state index contributed by atoms with van der Waals surface area (Å²) in [5.74, 6) is -0.364. The molecular formula is C10H9ClF3NO. The molecule has 1 unspecified atom stereocenters. The molecule has 1 aliphatic rings. The van der Waals surface area contributed by atoms with Crippen molar-refractivity contribution in [3.63, 3.8) is 0 Å². The lowest BCUT2D eigenvalue weighted by molar-refractivity contribution is -0.274. The summed E-state index contributed by atoms with van der Waals surface area (Å²) in [4.78, 5) is 0. The first kappa shape index (κ1) is 11.5. The first-order valence-electron chi connectivity index (χ1n) is 4.74. The van der Waals surface area contributed by atoms with Crippen LogP contribution in [-0.4, -0.2) is 12.9 Å². The van der Waals surface area contributed by atoms with Gasteiger partial charge in [-0.1, -0.05) is 17.7 Å². The Morgan fingerprint density at radius 2 is 2.06 bits per heavy atom. The van der Waals surface area contributed by atoms with Gasteiger partial charge in [-0.2, -0.15) is 0 Å². The topological polar surface area (TPSA) is 21.3 Å². The Balaban J connectivity index is 2.16. The van der Waals surface area contributed by atoms with Gasteiger partial charge in [0.05, 0.1) is 5.02 Å². The molecule has 1 fully saturated rings. The molecule has 0 saturated carbocycles. The van der Waals surface area contributed by atoms with Gasteiger partial charge < -0.3 is 10.1 Å². The summed E-state index contributed by atoms with van der Waals surface area (Å²) >= 11 is 5.71. The molecule has 1 aromatic rings. The summed E-state index contributed by atoms with van der Waals surface area (Å²) in [5.41, 5.74) is 0.880. The molecule has 0 radical (unpaired) electrons. The molecule has 1 atom stereocenters. The van der Waals surface area contributed by atoms with Gasteiger partial charge in [0.1, 0.15) is 5.75 Å². The lowest BCUT2D eigenvalue weighted by Gasteiger charge is -2.28. The molecule has 1 aliphatic heterocycles. The van der Waals surface area contributed by atoms with Crippen LogP contribution in [0.3, 0.4) is 0 Å². The van der Waals surface area contributed by atoms with E-state index in [4.69, 9.17) is 11.6 Å². The van der Waals surface area contributed by atoms with Crippen LogP contribution in [0.2, 0.25) is 5.02 Å². The fourth-order valence-electron chi connectivity index (χ4n) is 1.51. The second kappa shape index (κ2) is 4.14. The molecule has 1 aromatic carbocycles. The summed E-state index contributed by atoms with van der Waals surface area (Å²) in [6.07, 6.45) is -3.74. The highest BCUT2D eigenvalue weighted by Crippen LogP contribution is 2.33. The minimum absolute atomic E-state index is 0.0245. The summed E-state index contributed by atoms with van der Waals surface area (Å²) in [5, 5.41) is 3.11. The number of hydrogen-bond acceptors (Lipinski definition) is 2. The van der Waals surface area contributed by atoms with Gasteiger partial charge in [-0.3, -0.25) is 0 Å². The Labute approximate surface area is 95.3 Å². The summed E-state index contributed by atoms with van der Waals surface area (Å²) in [7, 11) is 0. The third kappa shape index (κ3) is 2.59. The average Bonchev–Trinajstić information content (AvgIpc) is 2.04. The van der Waals surface area contributed by atoms with E-state index in [9.17, 15) is 13.2 Å². The van der Waals surface area contributed by atoms with Crippen molar-refractivity contribution in [1.29, 1.82) is 0 Å². The highest BCUT2D eigenvalue weighted by Gasteiger charge is 2.32. The summed E-state index contributed by atoms with van der Waals surface area (Å²) in [6, 6.07) is 4.52. The Hall–Kier alpha value is -0.940. The maximum Gasteiger partial charge on any atom is 0.573 e. The Kier molecular flexibility index (Phi) is 2.99. The zero-order valence-electron chi connectivity index (χ0n) is 8.14. The lowest BCUT2D eigenvalue weighted by Crippen LogP contribution is -2.34. The van der Waals surface area contributed by atoms with Crippen molar-refractivity contribution in [3.8, 4) is 5.75 Å². The van der Waals surface area contributed by atoms with E-state index >= 15 is 0 Å². The van der Waals surface area contributed by atoms with Crippen molar-refractivity contribution in [3.05, 3.63) is 28.8 Å². The van der Waals surface area contributed by atoms with E-state index in [-0.39, 0.29) is 16.8 Å². The lowest BCUT2D eigenvalue weighted by atomic mass is 9.98. The second-order valence-electron chi connectivity index (χ2n) is 3.53. The fourth-order valence-corrected chi connectivity index (χ4v) is 1.74. The minimum Gasteiger partial charge on any atom is -0.404 e. The second-order valence-corrected chi connectivity index (χ2v) is 3.94. The highest BCUT2D eigenvalue weighted by atomic mass is 35.5. The highest BCUT2D eigenvalue weighted by molar-refractivity contribution is 6.32. The Bertz CT molecular complexity index is 390. The Morgan fingerprint density at radius 1 is 1.38 bits per heavy atom. The van der Waals surface area contributed by atoms with Gasteiger partial charge in [0.25, 0.3) is 0 Å². The van der Waals surface area contributed by atoms with Gasteiger partial charge >= 0.3 is 6.36 Å². The summed E-state index contributed by atoms with van der Waals surface area (Å²) < 4.78 is 39.7. The molecule has 6 heteroatoms. The zero-order chi connectivity index (χ0) is 11.8. The molecule has 0 bridgehead atoms. The third-order valence-corrected chi connectivity index (χ3v) is 2.70. The standard InChI is InChI=1S/C10H9ClF3NO/c11-7-5-6(8-3-4-15-8)1-2-9(7)16-10(12,13)14/h1-2,5,8,15H,3-4H2. The smallest absolute Gasteiger partial charge is 0.404 e. The van der Waals surface area contributed by atoms with Crippen molar-refractivity contribution >= 4 is 11.6 Å². The average molecular weight is 252 g/mol. The number of hydrogen-bond donors (Lipinski definition) is 1. The first-order valence-corrected chi connectivity index (χ1v) is 5.12. The molecule has 1 heterocycles. The molecule has 0 aromatic heterocycles. The van der Waals surface area contributed by atoms with Crippen molar-refractivity contribution in [2.75, 3.05) is 6.54 Å². The Morgan fingerprint density at radius 3 is 2.50 bits per heavy atom. The van der Waals surface area contributed by atoms with Crippen LogP contribution in [0, 0.1) is 0 Å². The van der Waals surface area contributed by atoms with Crippen molar-refractivity contribution in [2.45, 2.75) is 18.8 Å². The van der Waals surface area contributed by atoms with Gasteiger partial charge in [-0.25, -0.2) is 0 Å². The van der Waals surface area contributed by atoms with E-state index in [2.05, 4.69) is 10.1 Å². The van der Waals surface area contributed by atoms with Crippen molar-refractivity contribution < 1.29 is 17.9 Å². The van der Waals surface area contributed by atoms with Crippen LogP contribution in [-0.2, 0) is 0 Å². The van der Waals surface area contributed by atoms with Crippen LogP contribution in [0.5, 0.6) is 5.75 Å². The first-order chi connectivity index (χ1) is 7.46. The van der Waals surface area contributed by atoms with Gasteiger partial charge in [-0.05, 0) is 30.7 Å². The predicted octanol–water partition coefficient (Wildman–Crippen LogP) is 3.27. The van der Waals surface area contributed by atoms with E-state index in [1.54, 1.807) is 6.07 Å². The van der Waals surface area contributed by atoms with E-state index in [0.29, 0.717) is 0 Å². The maximum atomic E-state index is 12.0. The zero-order valence-corrected chi connectivity index (χ0v) is 8.90. The number of nitrogens with one attached hydrogen (secondary N) is 1. The molecule has 1 N–H and O–H groups in total. The third-order valence-electron chi connectivity index (χ3n) is 2.41. The molecule has 2 rings (SSSR count). The van der Waals surface area contributed by atoms with Gasteiger partial charge in [0, 0.05) is 6.04 Å². The van der Waals surface area contributed by atoms with Crippen LogP contribution in [0.25, 0.3) is 0 Å². The molecular weight excluding hydrogens is 243 g/mol.